The first-order valence-corrected chi connectivity index (χ1v) is 10.2. The molecule has 0 spiro atoms. The van der Waals surface area contributed by atoms with Gasteiger partial charge in [-0.2, -0.15) is 0 Å². The minimum Gasteiger partial charge on any atom is -0.296 e. The number of nitrogens with zero attached hydrogens (tertiary/aromatic N) is 3. The van der Waals surface area contributed by atoms with E-state index in [4.69, 9.17) is 0 Å². The predicted octanol–water partition coefficient (Wildman–Crippen LogP) is 1.48. The number of aromatic nitrogens is 2. The number of sulfone groups is 1. The summed E-state index contributed by atoms with van der Waals surface area (Å²) in [5, 5.41) is -0.335. The van der Waals surface area contributed by atoms with Crippen LogP contribution >= 0.6 is 0 Å². The summed E-state index contributed by atoms with van der Waals surface area (Å²) < 4.78 is 25.7. The van der Waals surface area contributed by atoms with Crippen molar-refractivity contribution >= 4 is 15.5 Å². The second kappa shape index (κ2) is 6.64. The van der Waals surface area contributed by atoms with Crippen molar-refractivity contribution in [1.82, 2.24) is 14.3 Å². The Morgan fingerprint density at radius 2 is 2.04 bits per heavy atom. The van der Waals surface area contributed by atoms with E-state index in [0.29, 0.717) is 24.3 Å². The lowest BCUT2D eigenvalue weighted by atomic mass is 9.94. The zero-order chi connectivity index (χ0) is 17.3. The van der Waals surface area contributed by atoms with Crippen LogP contribution in [-0.2, 0) is 16.4 Å². The first-order chi connectivity index (χ1) is 11.4. The minimum atomic E-state index is -3.08. The monoisotopic (exact) mass is 349 g/mol. The summed E-state index contributed by atoms with van der Waals surface area (Å²) >= 11 is 0. The molecule has 0 radical (unpaired) electrons. The van der Waals surface area contributed by atoms with Gasteiger partial charge < -0.3 is 0 Å². The fourth-order valence-corrected chi connectivity index (χ4v) is 5.15. The predicted molar refractivity (Wildman–Crippen MR) is 93.8 cm³/mol. The van der Waals surface area contributed by atoms with Gasteiger partial charge in [0, 0.05) is 31.1 Å². The summed E-state index contributed by atoms with van der Waals surface area (Å²) in [7, 11) is -1.16. The second-order valence-corrected chi connectivity index (χ2v) is 8.91. The minimum absolute atomic E-state index is 0.0234. The third-order valence-electron chi connectivity index (χ3n) is 4.82. The third-order valence-corrected chi connectivity index (χ3v) is 6.47. The van der Waals surface area contributed by atoms with E-state index in [1.54, 1.807) is 18.3 Å². The lowest BCUT2D eigenvalue weighted by Crippen LogP contribution is -2.46. The fraction of sp³-hybridized carbons (Fsp3) is 0.529. The van der Waals surface area contributed by atoms with Crippen LogP contribution < -0.4 is 5.56 Å². The van der Waals surface area contributed by atoms with Gasteiger partial charge in [-0.1, -0.05) is 18.9 Å². The molecule has 130 valence electrons. The Bertz CT molecular complexity index is 891. The van der Waals surface area contributed by atoms with E-state index in [1.165, 1.54) is 16.7 Å². The molecule has 7 heteroatoms. The average molecular weight is 349 g/mol. The van der Waals surface area contributed by atoms with E-state index in [1.807, 2.05) is 18.0 Å². The smallest absolute Gasteiger partial charge is 0.258 e. The van der Waals surface area contributed by atoms with Crippen LogP contribution in [0, 0.1) is 0 Å². The zero-order valence-electron chi connectivity index (χ0n) is 14.1. The molecule has 1 aliphatic carbocycles. The first-order valence-electron chi connectivity index (χ1n) is 8.23. The van der Waals surface area contributed by atoms with E-state index in [-0.39, 0.29) is 16.9 Å². The van der Waals surface area contributed by atoms with Gasteiger partial charge in [-0.05, 0) is 32.0 Å². The average Bonchev–Trinajstić information content (AvgIpc) is 2.54. The highest BCUT2D eigenvalue weighted by Crippen LogP contribution is 2.28. The van der Waals surface area contributed by atoms with Crippen LogP contribution in [0.2, 0.25) is 0 Å². The number of rotatable bonds is 4. The van der Waals surface area contributed by atoms with E-state index in [0.717, 1.165) is 19.3 Å². The van der Waals surface area contributed by atoms with Crippen molar-refractivity contribution in [2.75, 3.05) is 13.3 Å². The van der Waals surface area contributed by atoms with Crippen molar-refractivity contribution in [3.8, 4) is 0 Å². The van der Waals surface area contributed by atoms with Gasteiger partial charge in [-0.3, -0.25) is 14.1 Å². The van der Waals surface area contributed by atoms with Gasteiger partial charge in [0.15, 0.2) is 9.84 Å². The molecule has 0 amide bonds. The van der Waals surface area contributed by atoms with Gasteiger partial charge in [-0.25, -0.2) is 13.4 Å². The molecule has 1 aliphatic rings. The van der Waals surface area contributed by atoms with Crippen molar-refractivity contribution in [3.63, 3.8) is 0 Å². The summed E-state index contributed by atoms with van der Waals surface area (Å²) in [5.74, 6) is 0. The van der Waals surface area contributed by atoms with Crippen molar-refractivity contribution < 1.29 is 8.42 Å². The maximum Gasteiger partial charge on any atom is 0.258 e. The van der Waals surface area contributed by atoms with Gasteiger partial charge in [0.2, 0.25) is 0 Å². The number of hydrogen-bond acceptors (Lipinski definition) is 5. The lowest BCUT2D eigenvalue weighted by molar-refractivity contribution is 0.185. The molecule has 2 atom stereocenters. The van der Waals surface area contributed by atoms with Crippen LogP contribution in [0.25, 0.3) is 5.65 Å². The second-order valence-electron chi connectivity index (χ2n) is 6.65. The number of fused-ring (bicyclic) bond motifs is 1. The van der Waals surface area contributed by atoms with Gasteiger partial charge in [0.25, 0.3) is 5.56 Å². The Balaban J connectivity index is 1.86. The van der Waals surface area contributed by atoms with Crippen molar-refractivity contribution in [3.05, 3.63) is 46.5 Å². The molecule has 24 heavy (non-hydrogen) atoms. The van der Waals surface area contributed by atoms with Crippen LogP contribution in [0.5, 0.6) is 0 Å². The molecular weight excluding hydrogens is 326 g/mol. The highest BCUT2D eigenvalue weighted by molar-refractivity contribution is 7.91. The molecule has 0 unspecified atom stereocenters. The highest BCUT2D eigenvalue weighted by atomic mass is 32.2. The van der Waals surface area contributed by atoms with E-state index in [2.05, 4.69) is 4.98 Å². The molecule has 2 aromatic heterocycles. The first kappa shape index (κ1) is 17.1. The summed E-state index contributed by atoms with van der Waals surface area (Å²) in [6.45, 7) is 0.470. The Labute approximate surface area is 142 Å². The molecule has 0 bridgehead atoms. The molecule has 0 saturated heterocycles. The fourth-order valence-electron chi connectivity index (χ4n) is 3.64. The molecule has 1 saturated carbocycles. The number of hydrogen-bond donors (Lipinski definition) is 0. The van der Waals surface area contributed by atoms with Crippen LogP contribution in [-0.4, -0.2) is 47.3 Å². The van der Waals surface area contributed by atoms with Crippen LogP contribution in [0.15, 0.2) is 35.3 Å². The summed E-state index contributed by atoms with van der Waals surface area (Å²) in [6.07, 6.45) is 6.58. The Morgan fingerprint density at radius 3 is 2.79 bits per heavy atom. The molecule has 6 nitrogen and oxygen atoms in total. The molecular formula is C17H23N3O3S. The van der Waals surface area contributed by atoms with Gasteiger partial charge in [0.1, 0.15) is 5.65 Å². The molecule has 0 aliphatic heterocycles. The van der Waals surface area contributed by atoms with E-state index in [9.17, 15) is 13.2 Å². The molecule has 0 aromatic carbocycles. The quantitative estimate of drug-likeness (QED) is 0.836. The maximum absolute atomic E-state index is 12.2. The van der Waals surface area contributed by atoms with Crippen LogP contribution in [0.4, 0.5) is 0 Å². The van der Waals surface area contributed by atoms with E-state index >= 15 is 0 Å². The van der Waals surface area contributed by atoms with Gasteiger partial charge in [0.05, 0.1) is 10.9 Å². The van der Waals surface area contributed by atoms with E-state index < -0.39 is 9.84 Å². The molecule has 3 rings (SSSR count). The Kier molecular flexibility index (Phi) is 4.73. The third kappa shape index (κ3) is 3.52. The zero-order valence-corrected chi connectivity index (χ0v) is 14.9. The SMILES string of the molecule is CN(Cc1cc(=O)n2ccccc2n1)[C@@H]1CCCC[C@@H]1S(C)(=O)=O. The molecule has 0 N–H and O–H groups in total. The highest BCUT2D eigenvalue weighted by Gasteiger charge is 2.35. The van der Waals surface area contributed by atoms with Gasteiger partial charge >= 0.3 is 0 Å². The molecule has 2 heterocycles. The Hall–Kier alpha value is -1.73. The summed E-state index contributed by atoms with van der Waals surface area (Å²) in [6, 6.07) is 6.94. The van der Waals surface area contributed by atoms with Crippen LogP contribution in [0.3, 0.4) is 0 Å². The normalized spacial score (nSPS) is 22.1. The van der Waals surface area contributed by atoms with Crippen molar-refractivity contribution in [1.29, 1.82) is 0 Å². The summed E-state index contributed by atoms with van der Waals surface area (Å²) in [4.78, 5) is 18.8. The standard InChI is InChI=1S/C17H23N3O3S/c1-19(14-7-3-4-8-15(14)24(2,22)23)12-13-11-17(21)20-10-6-5-9-16(20)18-13/h5-6,9-11,14-15H,3-4,7-8,12H2,1-2H3/t14-,15+/m1/s1. The Morgan fingerprint density at radius 1 is 1.29 bits per heavy atom. The summed E-state index contributed by atoms with van der Waals surface area (Å²) in [5.41, 5.74) is 1.16. The topological polar surface area (TPSA) is 71.8 Å². The maximum atomic E-state index is 12.2. The van der Waals surface area contributed by atoms with Crippen molar-refractivity contribution in [2.45, 2.75) is 43.5 Å². The largest absolute Gasteiger partial charge is 0.296 e. The van der Waals surface area contributed by atoms with Gasteiger partial charge in [-0.15, -0.1) is 0 Å². The molecule has 1 fully saturated rings. The molecule has 2 aromatic rings. The number of pyridine rings is 1. The van der Waals surface area contributed by atoms with Crippen molar-refractivity contribution in [2.24, 2.45) is 0 Å². The van der Waals surface area contributed by atoms with Crippen LogP contribution in [0.1, 0.15) is 31.4 Å². The lowest BCUT2D eigenvalue weighted by Gasteiger charge is -2.36.